The number of nitrogens with zero attached hydrogens (tertiary/aromatic N) is 4. The largest absolute Gasteiger partial charge is 0.339 e. The number of amides is 1. The second-order valence-electron chi connectivity index (χ2n) is 5.45. The molecule has 0 bridgehead atoms. The lowest BCUT2D eigenvalue weighted by molar-refractivity contribution is -0.117. The molecule has 1 atom stereocenters. The molecule has 118 valence electrons. The summed E-state index contributed by atoms with van der Waals surface area (Å²) in [6.07, 6.45) is 2.75. The maximum Gasteiger partial charge on any atom is 0.232 e. The van der Waals surface area contributed by atoms with Gasteiger partial charge >= 0.3 is 0 Å². The van der Waals surface area contributed by atoms with Gasteiger partial charge in [-0.05, 0) is 20.4 Å². The molecular weight excluding hydrogens is 302 g/mol. The Morgan fingerprint density at radius 2 is 2.36 bits per heavy atom. The van der Waals surface area contributed by atoms with Gasteiger partial charge in [-0.3, -0.25) is 9.69 Å². The number of likely N-dealkylation sites (N-methyl/N-ethyl adjacent to an activating group) is 1. The Kier molecular flexibility index (Phi) is 4.49. The van der Waals surface area contributed by atoms with E-state index in [1.54, 1.807) is 4.90 Å². The SMILES string of the molecule is CNC(C)Cc1noc(Cc2csc(N3CCCC3=O)n2)n1. The van der Waals surface area contributed by atoms with Crippen molar-refractivity contribution in [3.05, 3.63) is 22.8 Å². The van der Waals surface area contributed by atoms with Gasteiger partial charge in [-0.1, -0.05) is 5.16 Å². The monoisotopic (exact) mass is 321 g/mol. The summed E-state index contributed by atoms with van der Waals surface area (Å²) in [4.78, 5) is 22.4. The van der Waals surface area contributed by atoms with Crippen molar-refractivity contribution in [2.45, 2.75) is 38.6 Å². The van der Waals surface area contributed by atoms with Crippen molar-refractivity contribution < 1.29 is 9.32 Å². The van der Waals surface area contributed by atoms with Crippen LogP contribution in [-0.2, 0) is 17.6 Å². The highest BCUT2D eigenvalue weighted by Crippen LogP contribution is 2.26. The summed E-state index contributed by atoms with van der Waals surface area (Å²) in [5.41, 5.74) is 0.858. The minimum absolute atomic E-state index is 0.155. The van der Waals surface area contributed by atoms with E-state index in [4.69, 9.17) is 4.52 Å². The highest BCUT2D eigenvalue weighted by Gasteiger charge is 2.24. The number of hydrogen-bond donors (Lipinski definition) is 1. The summed E-state index contributed by atoms with van der Waals surface area (Å²) < 4.78 is 5.27. The van der Waals surface area contributed by atoms with Crippen LogP contribution in [0.2, 0.25) is 0 Å². The van der Waals surface area contributed by atoms with Crippen LogP contribution in [0.3, 0.4) is 0 Å². The first kappa shape index (κ1) is 15.1. The fraction of sp³-hybridized carbons (Fsp3) is 0.571. The highest BCUT2D eigenvalue weighted by atomic mass is 32.1. The van der Waals surface area contributed by atoms with Gasteiger partial charge in [-0.15, -0.1) is 11.3 Å². The van der Waals surface area contributed by atoms with Crippen molar-refractivity contribution in [1.82, 2.24) is 20.4 Å². The molecule has 1 saturated heterocycles. The van der Waals surface area contributed by atoms with Crippen molar-refractivity contribution in [2.75, 3.05) is 18.5 Å². The molecule has 2 aromatic heterocycles. The number of thiazole rings is 1. The minimum Gasteiger partial charge on any atom is -0.339 e. The van der Waals surface area contributed by atoms with Crippen LogP contribution in [0, 0.1) is 0 Å². The van der Waals surface area contributed by atoms with Crippen LogP contribution in [0.4, 0.5) is 5.13 Å². The lowest BCUT2D eigenvalue weighted by Crippen LogP contribution is -2.24. The molecule has 1 amide bonds. The smallest absolute Gasteiger partial charge is 0.232 e. The van der Waals surface area contributed by atoms with Crippen LogP contribution >= 0.6 is 11.3 Å². The Morgan fingerprint density at radius 3 is 3.09 bits per heavy atom. The van der Waals surface area contributed by atoms with Gasteiger partial charge in [0.05, 0.1) is 12.1 Å². The molecule has 0 saturated carbocycles. The van der Waals surface area contributed by atoms with Crippen molar-refractivity contribution in [3.8, 4) is 0 Å². The number of carbonyl (C=O) groups is 1. The number of aromatic nitrogens is 3. The molecule has 0 aliphatic carbocycles. The molecule has 1 fully saturated rings. The summed E-state index contributed by atoms with van der Waals surface area (Å²) in [5.74, 6) is 1.41. The molecule has 8 heteroatoms. The predicted molar refractivity (Wildman–Crippen MR) is 83.0 cm³/mol. The maximum atomic E-state index is 11.7. The first-order valence-electron chi connectivity index (χ1n) is 7.39. The van der Waals surface area contributed by atoms with Crippen molar-refractivity contribution >= 4 is 22.4 Å². The number of rotatable bonds is 6. The molecule has 3 rings (SSSR count). The maximum absolute atomic E-state index is 11.7. The molecule has 0 radical (unpaired) electrons. The lowest BCUT2D eigenvalue weighted by Gasteiger charge is -2.10. The Morgan fingerprint density at radius 1 is 1.50 bits per heavy atom. The number of nitrogens with one attached hydrogen (secondary N) is 1. The standard InChI is InChI=1S/C14H19N5O2S/c1-9(15-2)6-11-17-12(21-18-11)7-10-8-22-14(16-10)19-5-3-4-13(19)20/h8-9,15H,3-7H2,1-2H3. The summed E-state index contributed by atoms with van der Waals surface area (Å²) >= 11 is 1.49. The number of anilines is 1. The molecule has 3 heterocycles. The first-order chi connectivity index (χ1) is 10.7. The Hall–Kier alpha value is -1.80. The van der Waals surface area contributed by atoms with Crippen LogP contribution < -0.4 is 10.2 Å². The number of carbonyl (C=O) groups excluding carboxylic acids is 1. The quantitative estimate of drug-likeness (QED) is 0.865. The molecule has 0 spiro atoms. The van der Waals surface area contributed by atoms with E-state index in [2.05, 4.69) is 27.4 Å². The van der Waals surface area contributed by atoms with Gasteiger partial charge in [0.2, 0.25) is 11.8 Å². The predicted octanol–water partition coefficient (Wildman–Crippen LogP) is 1.39. The molecular formula is C14H19N5O2S. The molecule has 1 N–H and O–H groups in total. The third-order valence-corrected chi connectivity index (χ3v) is 4.58. The minimum atomic E-state index is 0.155. The molecule has 22 heavy (non-hydrogen) atoms. The third kappa shape index (κ3) is 3.33. The first-order valence-corrected chi connectivity index (χ1v) is 8.27. The van der Waals surface area contributed by atoms with Gasteiger partial charge in [-0.2, -0.15) is 4.98 Å². The molecule has 2 aromatic rings. The van der Waals surface area contributed by atoms with Gasteiger partial charge in [0, 0.05) is 30.8 Å². The molecule has 0 aromatic carbocycles. The van der Waals surface area contributed by atoms with Gasteiger partial charge < -0.3 is 9.84 Å². The van der Waals surface area contributed by atoms with Gasteiger partial charge in [-0.25, -0.2) is 4.98 Å². The van der Waals surface area contributed by atoms with Crippen LogP contribution in [0.25, 0.3) is 0 Å². The van der Waals surface area contributed by atoms with Crippen LogP contribution in [0.15, 0.2) is 9.90 Å². The van der Waals surface area contributed by atoms with E-state index in [9.17, 15) is 4.79 Å². The summed E-state index contributed by atoms with van der Waals surface area (Å²) in [6.45, 7) is 2.83. The topological polar surface area (TPSA) is 84.2 Å². The second-order valence-corrected chi connectivity index (χ2v) is 6.28. The molecule has 1 aliphatic rings. The Bertz CT molecular complexity index is 653. The van der Waals surface area contributed by atoms with Gasteiger partial charge in [0.15, 0.2) is 11.0 Å². The van der Waals surface area contributed by atoms with E-state index in [1.165, 1.54) is 11.3 Å². The number of hydrogen-bond acceptors (Lipinski definition) is 7. The van der Waals surface area contributed by atoms with Crippen molar-refractivity contribution in [3.63, 3.8) is 0 Å². The summed E-state index contributed by atoms with van der Waals surface area (Å²) in [6, 6.07) is 0.303. The molecule has 7 nitrogen and oxygen atoms in total. The van der Waals surface area contributed by atoms with Gasteiger partial charge in [0.25, 0.3) is 0 Å². The Balaban J connectivity index is 1.64. The highest BCUT2D eigenvalue weighted by molar-refractivity contribution is 7.14. The molecule has 1 aliphatic heterocycles. The molecule has 1 unspecified atom stereocenters. The fourth-order valence-electron chi connectivity index (χ4n) is 2.33. The van der Waals surface area contributed by atoms with Crippen LogP contribution in [-0.4, -0.2) is 40.7 Å². The zero-order valence-electron chi connectivity index (χ0n) is 12.7. The fourth-order valence-corrected chi connectivity index (χ4v) is 3.20. The van der Waals surface area contributed by atoms with Gasteiger partial charge in [0.1, 0.15) is 0 Å². The summed E-state index contributed by atoms with van der Waals surface area (Å²) in [5, 5.41) is 9.83. The second kappa shape index (κ2) is 6.53. The average molecular weight is 321 g/mol. The van der Waals surface area contributed by atoms with E-state index in [0.29, 0.717) is 30.6 Å². The third-order valence-electron chi connectivity index (χ3n) is 3.67. The van der Waals surface area contributed by atoms with E-state index < -0.39 is 0 Å². The lowest BCUT2D eigenvalue weighted by atomic mass is 10.2. The van der Waals surface area contributed by atoms with E-state index in [1.807, 2.05) is 12.4 Å². The zero-order valence-corrected chi connectivity index (χ0v) is 13.5. The Labute approximate surface area is 132 Å². The van der Waals surface area contributed by atoms with E-state index >= 15 is 0 Å². The summed E-state index contributed by atoms with van der Waals surface area (Å²) in [7, 11) is 1.90. The van der Waals surface area contributed by atoms with Crippen molar-refractivity contribution in [2.24, 2.45) is 0 Å². The van der Waals surface area contributed by atoms with Crippen LogP contribution in [0.1, 0.15) is 37.2 Å². The van der Waals surface area contributed by atoms with Crippen molar-refractivity contribution in [1.29, 1.82) is 0 Å². The zero-order chi connectivity index (χ0) is 15.5. The average Bonchev–Trinajstić information content (AvgIpc) is 3.21. The van der Waals surface area contributed by atoms with Crippen LogP contribution in [0.5, 0.6) is 0 Å². The van der Waals surface area contributed by atoms with E-state index in [0.717, 1.165) is 30.2 Å². The van der Waals surface area contributed by atoms with E-state index in [-0.39, 0.29) is 5.91 Å². The normalized spacial score (nSPS) is 16.5.